The number of piperidine rings is 1. The van der Waals surface area contributed by atoms with E-state index in [4.69, 9.17) is 19.9 Å². The van der Waals surface area contributed by atoms with Crippen molar-refractivity contribution in [2.45, 2.75) is 57.6 Å². The van der Waals surface area contributed by atoms with Crippen LogP contribution in [0.1, 0.15) is 27.2 Å². The van der Waals surface area contributed by atoms with Crippen molar-refractivity contribution in [1.29, 1.82) is 0 Å². The van der Waals surface area contributed by atoms with E-state index in [1.807, 2.05) is 4.90 Å². The average molecular weight is 314 g/mol. The van der Waals surface area contributed by atoms with E-state index in [-0.39, 0.29) is 6.04 Å². The van der Waals surface area contributed by atoms with Crippen molar-refractivity contribution in [2.24, 2.45) is 5.73 Å². The van der Waals surface area contributed by atoms with E-state index in [9.17, 15) is 14.4 Å². The maximum absolute atomic E-state index is 11.4. The fraction of sp³-hybridized carbons (Fsp3) is 0.786. The Morgan fingerprint density at radius 3 is 2.05 bits per heavy atom. The molecule has 5 unspecified atom stereocenters. The highest BCUT2D eigenvalue weighted by Crippen LogP contribution is 2.32. The second-order valence-electron chi connectivity index (χ2n) is 5.73. The molecule has 2 rings (SSSR count). The van der Waals surface area contributed by atoms with Crippen LogP contribution in [0.5, 0.6) is 0 Å². The van der Waals surface area contributed by atoms with Crippen molar-refractivity contribution < 1.29 is 28.6 Å². The molecular weight excluding hydrogens is 292 g/mol. The molecule has 2 N–H and O–H groups in total. The molecule has 2 aliphatic heterocycles. The van der Waals surface area contributed by atoms with Crippen LogP contribution >= 0.6 is 0 Å². The third kappa shape index (κ3) is 3.56. The van der Waals surface area contributed by atoms with Crippen LogP contribution in [-0.2, 0) is 28.6 Å². The summed E-state index contributed by atoms with van der Waals surface area (Å²) in [5.74, 6) is -1.38. The van der Waals surface area contributed by atoms with Crippen molar-refractivity contribution in [3.8, 4) is 0 Å². The number of hydrogen-bond donors (Lipinski definition) is 1. The molecule has 22 heavy (non-hydrogen) atoms. The molecule has 0 radical (unpaired) electrons. The minimum atomic E-state index is -0.753. The summed E-state index contributed by atoms with van der Waals surface area (Å²) in [4.78, 5) is 36.0. The predicted octanol–water partition coefficient (Wildman–Crippen LogP) is -0.803. The number of esters is 3. The van der Waals surface area contributed by atoms with Crippen LogP contribution < -0.4 is 5.73 Å². The van der Waals surface area contributed by atoms with Gasteiger partial charge in [-0.3, -0.25) is 19.3 Å². The summed E-state index contributed by atoms with van der Waals surface area (Å²) in [5, 5.41) is 0. The Kier molecular flexibility index (Phi) is 5.02. The second-order valence-corrected chi connectivity index (χ2v) is 5.73. The zero-order chi connectivity index (χ0) is 16.4. The minimum Gasteiger partial charge on any atom is -0.461 e. The van der Waals surface area contributed by atoms with Crippen LogP contribution in [-0.4, -0.2) is 66.3 Å². The summed E-state index contributed by atoms with van der Waals surface area (Å²) in [6.07, 6.45) is -1.29. The molecule has 5 atom stereocenters. The number of rotatable bonds is 3. The van der Waals surface area contributed by atoms with Gasteiger partial charge in [-0.1, -0.05) is 0 Å². The molecule has 2 aliphatic rings. The lowest BCUT2D eigenvalue weighted by atomic mass is 9.91. The van der Waals surface area contributed by atoms with Crippen molar-refractivity contribution in [2.75, 3.05) is 13.1 Å². The lowest BCUT2D eigenvalue weighted by Gasteiger charge is -2.44. The van der Waals surface area contributed by atoms with Gasteiger partial charge in [0.1, 0.15) is 6.10 Å². The van der Waals surface area contributed by atoms with Crippen LogP contribution in [0.4, 0.5) is 0 Å². The SMILES string of the molecule is CC(=O)OC1CCN2CC(N)C(OC(C)=O)C(OC(C)=O)C12. The zero-order valence-electron chi connectivity index (χ0n) is 13.0. The molecule has 0 aromatic carbocycles. The number of nitrogens with zero attached hydrogens (tertiary/aromatic N) is 1. The van der Waals surface area contributed by atoms with Crippen LogP contribution in [0.2, 0.25) is 0 Å². The molecular formula is C14H22N2O6. The lowest BCUT2D eigenvalue weighted by Crippen LogP contribution is -2.66. The number of carbonyl (C=O) groups is 3. The van der Waals surface area contributed by atoms with E-state index in [1.54, 1.807) is 0 Å². The molecule has 0 bridgehead atoms. The Morgan fingerprint density at radius 1 is 0.955 bits per heavy atom. The lowest BCUT2D eigenvalue weighted by molar-refractivity contribution is -0.185. The van der Waals surface area contributed by atoms with Gasteiger partial charge in [0, 0.05) is 33.9 Å². The van der Waals surface area contributed by atoms with Crippen molar-refractivity contribution in [3.63, 3.8) is 0 Å². The molecule has 0 aromatic heterocycles. The monoisotopic (exact) mass is 314 g/mol. The van der Waals surface area contributed by atoms with E-state index in [0.29, 0.717) is 19.5 Å². The van der Waals surface area contributed by atoms with E-state index in [0.717, 1.165) is 0 Å². The van der Waals surface area contributed by atoms with Gasteiger partial charge in [0.2, 0.25) is 0 Å². The molecule has 0 aromatic rings. The molecule has 0 saturated carbocycles. The standard InChI is InChI=1S/C14H22N2O6/c1-7(17)20-11-4-5-16-6-10(15)13(21-8(2)18)14(12(11)16)22-9(3)19/h10-14H,4-6,15H2,1-3H3. The smallest absolute Gasteiger partial charge is 0.303 e. The summed E-state index contributed by atoms with van der Waals surface area (Å²) < 4.78 is 16.0. The number of nitrogens with two attached hydrogens (primary N) is 1. The fourth-order valence-electron chi connectivity index (χ4n) is 3.31. The normalized spacial score (nSPS) is 34.6. The zero-order valence-corrected chi connectivity index (χ0v) is 13.0. The molecule has 8 nitrogen and oxygen atoms in total. The van der Waals surface area contributed by atoms with E-state index >= 15 is 0 Å². The predicted molar refractivity (Wildman–Crippen MR) is 74.6 cm³/mol. The molecule has 2 heterocycles. The van der Waals surface area contributed by atoms with Crippen LogP contribution in [0.25, 0.3) is 0 Å². The second kappa shape index (κ2) is 6.62. The fourth-order valence-corrected chi connectivity index (χ4v) is 3.31. The van der Waals surface area contributed by atoms with Crippen LogP contribution in [0.3, 0.4) is 0 Å². The van der Waals surface area contributed by atoms with Gasteiger partial charge >= 0.3 is 17.9 Å². The summed E-state index contributed by atoms with van der Waals surface area (Å²) >= 11 is 0. The quantitative estimate of drug-likeness (QED) is 0.532. The van der Waals surface area contributed by atoms with Gasteiger partial charge in [-0.05, 0) is 6.42 Å². The van der Waals surface area contributed by atoms with E-state index < -0.39 is 42.3 Å². The Hall–Kier alpha value is -1.67. The van der Waals surface area contributed by atoms with Crippen LogP contribution in [0.15, 0.2) is 0 Å². The van der Waals surface area contributed by atoms with Crippen LogP contribution in [0, 0.1) is 0 Å². The first-order valence-electron chi connectivity index (χ1n) is 7.31. The molecule has 0 spiro atoms. The summed E-state index contributed by atoms with van der Waals surface area (Å²) in [6.45, 7) is 5.06. The number of carbonyl (C=O) groups excluding carboxylic acids is 3. The first-order chi connectivity index (χ1) is 10.3. The molecule has 0 aliphatic carbocycles. The number of ether oxygens (including phenoxy) is 3. The largest absolute Gasteiger partial charge is 0.461 e. The average Bonchev–Trinajstić information content (AvgIpc) is 2.74. The highest BCUT2D eigenvalue weighted by Gasteiger charge is 2.53. The van der Waals surface area contributed by atoms with Crippen molar-refractivity contribution in [1.82, 2.24) is 4.90 Å². The first-order valence-corrected chi connectivity index (χ1v) is 7.31. The van der Waals surface area contributed by atoms with Gasteiger partial charge in [0.05, 0.1) is 12.1 Å². The maximum Gasteiger partial charge on any atom is 0.303 e. The van der Waals surface area contributed by atoms with Crippen molar-refractivity contribution in [3.05, 3.63) is 0 Å². The Labute approximate surface area is 128 Å². The summed E-state index contributed by atoms with van der Waals surface area (Å²) in [7, 11) is 0. The third-order valence-corrected chi connectivity index (χ3v) is 3.95. The molecule has 2 fully saturated rings. The van der Waals surface area contributed by atoms with Gasteiger partial charge < -0.3 is 19.9 Å². The highest BCUT2D eigenvalue weighted by molar-refractivity contribution is 5.68. The summed E-state index contributed by atoms with van der Waals surface area (Å²) in [5.41, 5.74) is 6.08. The third-order valence-electron chi connectivity index (χ3n) is 3.95. The van der Waals surface area contributed by atoms with Gasteiger partial charge in [-0.25, -0.2) is 0 Å². The van der Waals surface area contributed by atoms with Gasteiger partial charge in [-0.2, -0.15) is 0 Å². The van der Waals surface area contributed by atoms with Gasteiger partial charge in [-0.15, -0.1) is 0 Å². The Morgan fingerprint density at radius 2 is 1.50 bits per heavy atom. The maximum atomic E-state index is 11.4. The van der Waals surface area contributed by atoms with E-state index in [2.05, 4.69) is 0 Å². The summed E-state index contributed by atoms with van der Waals surface area (Å²) in [6, 6.07) is -0.822. The Bertz CT molecular complexity index is 468. The Balaban J connectivity index is 2.26. The topological polar surface area (TPSA) is 108 Å². The van der Waals surface area contributed by atoms with Gasteiger partial charge in [0.15, 0.2) is 12.2 Å². The molecule has 124 valence electrons. The molecule has 2 saturated heterocycles. The minimum absolute atomic E-state index is 0.350. The van der Waals surface area contributed by atoms with Crippen molar-refractivity contribution >= 4 is 17.9 Å². The molecule has 0 amide bonds. The van der Waals surface area contributed by atoms with E-state index in [1.165, 1.54) is 20.8 Å². The number of fused-ring (bicyclic) bond motifs is 1. The highest BCUT2D eigenvalue weighted by atomic mass is 16.6. The number of hydrogen-bond acceptors (Lipinski definition) is 8. The molecule has 8 heteroatoms. The first kappa shape index (κ1) is 16.7. The van der Waals surface area contributed by atoms with Gasteiger partial charge in [0.25, 0.3) is 0 Å².